The number of rotatable bonds is 6. The molecule has 2 heterocycles. The minimum absolute atomic E-state index is 0.171. The zero-order chi connectivity index (χ0) is 24.3. The van der Waals surface area contributed by atoms with Gasteiger partial charge >= 0.3 is 6.03 Å². The van der Waals surface area contributed by atoms with Gasteiger partial charge in [0.15, 0.2) is 21.4 Å². The number of pyridine rings is 1. The highest BCUT2D eigenvalue weighted by Gasteiger charge is 2.11. The van der Waals surface area contributed by atoms with Gasteiger partial charge in [-0.3, -0.25) is 4.68 Å². The molecule has 4 aromatic rings. The van der Waals surface area contributed by atoms with Crippen LogP contribution in [0.15, 0.2) is 78.1 Å². The third-order valence-electron chi connectivity index (χ3n) is 4.78. The van der Waals surface area contributed by atoms with Gasteiger partial charge in [-0.15, -0.1) is 0 Å². The number of urea groups is 1. The molecule has 2 aromatic heterocycles. The van der Waals surface area contributed by atoms with Crippen LogP contribution in [0.2, 0.25) is 0 Å². The predicted octanol–water partition coefficient (Wildman–Crippen LogP) is 3.90. The number of carbonyl (C=O) groups excluding carboxylic acids is 1. The molecule has 0 aliphatic rings. The molecule has 0 saturated heterocycles. The van der Waals surface area contributed by atoms with E-state index in [-0.39, 0.29) is 10.7 Å². The Kier molecular flexibility index (Phi) is 6.19. The maximum absolute atomic E-state index is 12.4. The Morgan fingerprint density at radius 3 is 2.41 bits per heavy atom. The second-order valence-corrected chi connectivity index (χ2v) is 9.53. The Balaban J connectivity index is 1.45. The normalized spacial score (nSPS) is 11.1. The monoisotopic (exact) mass is 478 g/mol. The quantitative estimate of drug-likeness (QED) is 0.381. The van der Waals surface area contributed by atoms with Gasteiger partial charge in [0.1, 0.15) is 5.75 Å². The average molecular weight is 479 g/mol. The Hall–Kier alpha value is -4.38. The van der Waals surface area contributed by atoms with Crippen LogP contribution in [0, 0.1) is 0 Å². The van der Waals surface area contributed by atoms with E-state index in [0.29, 0.717) is 22.9 Å². The summed E-state index contributed by atoms with van der Waals surface area (Å²) in [5.41, 5.74) is 8.59. The SMILES string of the molecule is Cn1cc(-c2cnc(N)c(Oc3cccc(NC(=O)Nc4ccc(S(C)(=O)=O)cc4)c3)c2)cn1. The van der Waals surface area contributed by atoms with Crippen LogP contribution in [0.4, 0.5) is 22.0 Å². The summed E-state index contributed by atoms with van der Waals surface area (Å²) in [6.07, 6.45) is 6.34. The van der Waals surface area contributed by atoms with Gasteiger partial charge in [-0.25, -0.2) is 18.2 Å². The summed E-state index contributed by atoms with van der Waals surface area (Å²) in [5, 5.41) is 9.52. The number of nitrogens with one attached hydrogen (secondary N) is 2. The van der Waals surface area contributed by atoms with Crippen LogP contribution in [0.3, 0.4) is 0 Å². The second kappa shape index (κ2) is 9.24. The lowest BCUT2D eigenvalue weighted by Gasteiger charge is -2.12. The summed E-state index contributed by atoms with van der Waals surface area (Å²) in [4.78, 5) is 16.7. The lowest BCUT2D eigenvalue weighted by molar-refractivity contribution is 0.262. The molecule has 0 bridgehead atoms. The number of nitrogen functional groups attached to an aromatic ring is 1. The number of anilines is 3. The molecule has 2 aromatic carbocycles. The largest absolute Gasteiger partial charge is 0.453 e. The molecule has 0 saturated carbocycles. The van der Waals surface area contributed by atoms with E-state index >= 15 is 0 Å². The maximum Gasteiger partial charge on any atom is 0.323 e. The number of hydrogen-bond donors (Lipinski definition) is 3. The van der Waals surface area contributed by atoms with Gasteiger partial charge in [-0.2, -0.15) is 5.10 Å². The van der Waals surface area contributed by atoms with E-state index in [1.54, 1.807) is 47.4 Å². The van der Waals surface area contributed by atoms with Crippen molar-refractivity contribution < 1.29 is 17.9 Å². The van der Waals surface area contributed by atoms with Gasteiger partial charge in [0, 0.05) is 54.3 Å². The van der Waals surface area contributed by atoms with E-state index in [4.69, 9.17) is 10.5 Å². The number of hydrogen-bond acceptors (Lipinski definition) is 7. The smallest absolute Gasteiger partial charge is 0.323 e. The van der Waals surface area contributed by atoms with Gasteiger partial charge in [0.25, 0.3) is 0 Å². The standard InChI is InChI=1S/C23H22N6O4S/c1-29-14-16(13-26-29)15-10-21(22(24)25-12-15)33-19-5-3-4-18(11-19)28-23(30)27-17-6-8-20(9-7-17)34(2,31)32/h3-14H,1-2H3,(H2,24,25)(H2,27,28,30). The number of aryl methyl sites for hydroxylation is 1. The minimum atomic E-state index is -3.31. The van der Waals surface area contributed by atoms with Crippen molar-refractivity contribution >= 4 is 33.1 Å². The van der Waals surface area contributed by atoms with Gasteiger partial charge in [-0.05, 0) is 42.5 Å². The summed E-state index contributed by atoms with van der Waals surface area (Å²) in [7, 11) is -1.48. The molecule has 0 radical (unpaired) electrons. The Morgan fingerprint density at radius 1 is 1.00 bits per heavy atom. The van der Waals surface area contributed by atoms with E-state index in [9.17, 15) is 13.2 Å². The van der Waals surface area contributed by atoms with Crippen LogP contribution in [-0.2, 0) is 16.9 Å². The number of nitrogens with two attached hydrogens (primary N) is 1. The van der Waals surface area contributed by atoms with Crippen LogP contribution >= 0.6 is 0 Å². The van der Waals surface area contributed by atoms with Gasteiger partial charge in [0.05, 0.1) is 11.1 Å². The molecule has 0 spiro atoms. The Bertz CT molecular complexity index is 1450. The molecule has 174 valence electrons. The molecule has 4 rings (SSSR count). The third kappa shape index (κ3) is 5.51. The first-order valence-corrected chi connectivity index (χ1v) is 12.0. The number of aromatic nitrogens is 3. The Morgan fingerprint density at radius 2 is 1.74 bits per heavy atom. The maximum atomic E-state index is 12.4. The van der Waals surface area contributed by atoms with Crippen LogP contribution in [-0.4, -0.2) is 35.5 Å². The zero-order valence-electron chi connectivity index (χ0n) is 18.4. The molecule has 0 aliphatic heterocycles. The van der Waals surface area contributed by atoms with E-state index in [2.05, 4.69) is 20.7 Å². The first-order valence-electron chi connectivity index (χ1n) is 10.1. The molecule has 2 amide bonds. The highest BCUT2D eigenvalue weighted by molar-refractivity contribution is 7.90. The van der Waals surface area contributed by atoms with E-state index in [0.717, 1.165) is 17.4 Å². The summed E-state index contributed by atoms with van der Waals surface area (Å²) in [6, 6.07) is 13.9. The van der Waals surface area contributed by atoms with Crippen molar-refractivity contribution in [3.05, 3.63) is 73.2 Å². The Labute approximate surface area is 196 Å². The van der Waals surface area contributed by atoms with Crippen LogP contribution in [0.1, 0.15) is 0 Å². The topological polar surface area (TPSA) is 141 Å². The lowest BCUT2D eigenvalue weighted by atomic mass is 10.1. The number of carbonyl (C=O) groups is 1. The van der Waals surface area contributed by atoms with Crippen molar-refractivity contribution in [2.45, 2.75) is 4.90 Å². The highest BCUT2D eigenvalue weighted by Crippen LogP contribution is 2.31. The second-order valence-electron chi connectivity index (χ2n) is 7.52. The number of ether oxygens (including phenoxy) is 1. The number of sulfone groups is 1. The highest BCUT2D eigenvalue weighted by atomic mass is 32.2. The fourth-order valence-electron chi connectivity index (χ4n) is 3.11. The van der Waals surface area contributed by atoms with Crippen molar-refractivity contribution in [1.29, 1.82) is 0 Å². The number of nitrogens with zero attached hydrogens (tertiary/aromatic N) is 3. The third-order valence-corrected chi connectivity index (χ3v) is 5.91. The number of benzene rings is 2. The molecule has 34 heavy (non-hydrogen) atoms. The van der Waals surface area contributed by atoms with E-state index in [1.807, 2.05) is 13.2 Å². The van der Waals surface area contributed by atoms with Gasteiger partial charge in [-0.1, -0.05) is 6.07 Å². The molecule has 0 fully saturated rings. The van der Waals surface area contributed by atoms with Gasteiger partial charge in [0.2, 0.25) is 0 Å². The first-order chi connectivity index (χ1) is 16.2. The molecular formula is C23H22N6O4S. The van der Waals surface area contributed by atoms with E-state index in [1.165, 1.54) is 24.3 Å². The fraction of sp³-hybridized carbons (Fsp3) is 0.0870. The van der Waals surface area contributed by atoms with Crippen LogP contribution in [0.25, 0.3) is 11.1 Å². The van der Waals surface area contributed by atoms with Crippen molar-refractivity contribution in [2.24, 2.45) is 7.05 Å². The average Bonchev–Trinajstić information content (AvgIpc) is 3.21. The minimum Gasteiger partial charge on any atom is -0.453 e. The van der Waals surface area contributed by atoms with E-state index < -0.39 is 15.9 Å². The van der Waals surface area contributed by atoms with Crippen molar-refractivity contribution in [2.75, 3.05) is 22.6 Å². The molecule has 11 heteroatoms. The molecule has 0 unspecified atom stereocenters. The van der Waals surface area contributed by atoms with Gasteiger partial charge < -0.3 is 21.1 Å². The van der Waals surface area contributed by atoms with Crippen LogP contribution < -0.4 is 21.1 Å². The molecule has 0 atom stereocenters. The molecule has 0 aliphatic carbocycles. The van der Waals surface area contributed by atoms with Crippen molar-refractivity contribution in [1.82, 2.24) is 14.8 Å². The summed E-state index contributed by atoms with van der Waals surface area (Å²) >= 11 is 0. The number of amides is 2. The zero-order valence-corrected chi connectivity index (χ0v) is 19.2. The van der Waals surface area contributed by atoms with Crippen molar-refractivity contribution in [3.8, 4) is 22.6 Å². The van der Waals surface area contributed by atoms with Crippen LogP contribution in [0.5, 0.6) is 11.5 Å². The van der Waals surface area contributed by atoms with Crippen molar-refractivity contribution in [3.63, 3.8) is 0 Å². The fourth-order valence-corrected chi connectivity index (χ4v) is 3.74. The molecule has 10 nitrogen and oxygen atoms in total. The molecular weight excluding hydrogens is 456 g/mol. The summed E-state index contributed by atoms with van der Waals surface area (Å²) in [6.45, 7) is 0. The predicted molar refractivity (Wildman–Crippen MR) is 130 cm³/mol. The summed E-state index contributed by atoms with van der Waals surface area (Å²) in [5.74, 6) is 1.04. The lowest BCUT2D eigenvalue weighted by Crippen LogP contribution is -2.19. The molecule has 4 N–H and O–H groups in total. The summed E-state index contributed by atoms with van der Waals surface area (Å²) < 4.78 is 30.7. The first kappa shape index (κ1) is 22.8.